The Labute approximate surface area is 113 Å². The summed E-state index contributed by atoms with van der Waals surface area (Å²) in [7, 11) is 2.34. The monoisotopic (exact) mass is 252 g/mol. The first-order chi connectivity index (χ1) is 8.54. The fourth-order valence-corrected chi connectivity index (χ4v) is 4.04. The molecule has 4 atom stereocenters. The summed E-state index contributed by atoms with van der Waals surface area (Å²) in [6.45, 7) is 8.06. The summed E-state index contributed by atoms with van der Waals surface area (Å²) in [6, 6.07) is 1.41. The lowest BCUT2D eigenvalue weighted by atomic mass is 9.73. The van der Waals surface area contributed by atoms with E-state index in [1.807, 2.05) is 0 Å². The van der Waals surface area contributed by atoms with Crippen molar-refractivity contribution in [1.29, 1.82) is 0 Å². The minimum absolute atomic E-state index is 0.640. The van der Waals surface area contributed by atoms with Gasteiger partial charge in [0.25, 0.3) is 0 Å². The lowest BCUT2D eigenvalue weighted by Gasteiger charge is -2.45. The Hall–Kier alpha value is -0.0800. The molecule has 2 aliphatic carbocycles. The predicted octanol–water partition coefficient (Wildman–Crippen LogP) is 3.12. The van der Waals surface area contributed by atoms with E-state index in [1.165, 1.54) is 32.1 Å². The smallest absolute Gasteiger partial charge is 0.0246 e. The van der Waals surface area contributed by atoms with Crippen molar-refractivity contribution in [3.05, 3.63) is 0 Å². The van der Waals surface area contributed by atoms with Gasteiger partial charge >= 0.3 is 0 Å². The molecule has 0 saturated heterocycles. The average molecular weight is 252 g/mol. The third-order valence-electron chi connectivity index (χ3n) is 5.44. The highest BCUT2D eigenvalue weighted by Gasteiger charge is 2.40. The molecule has 0 radical (unpaired) electrons. The van der Waals surface area contributed by atoms with E-state index in [2.05, 4.69) is 32.7 Å². The average Bonchev–Trinajstić information content (AvgIpc) is 3.13. The minimum Gasteiger partial charge on any atom is -0.329 e. The van der Waals surface area contributed by atoms with E-state index < -0.39 is 0 Å². The molecule has 0 spiro atoms. The Kier molecular flexibility index (Phi) is 4.71. The third kappa shape index (κ3) is 3.08. The molecule has 0 aromatic rings. The standard InChI is InChI=1S/C16H32N2/c1-11(2)14-8-5-12(3)9-15(14)18(4)16(10-17)13-6-7-13/h11-16H,5-10,17H2,1-4H3. The number of nitrogens with zero attached hydrogens (tertiary/aromatic N) is 1. The van der Waals surface area contributed by atoms with Crippen molar-refractivity contribution in [3.63, 3.8) is 0 Å². The maximum Gasteiger partial charge on any atom is 0.0246 e. The van der Waals surface area contributed by atoms with Crippen molar-refractivity contribution in [2.24, 2.45) is 29.4 Å². The lowest BCUT2D eigenvalue weighted by molar-refractivity contribution is 0.0442. The highest BCUT2D eigenvalue weighted by molar-refractivity contribution is 4.94. The fourth-order valence-electron chi connectivity index (χ4n) is 4.04. The molecule has 2 rings (SSSR count). The maximum atomic E-state index is 6.04. The largest absolute Gasteiger partial charge is 0.329 e. The van der Waals surface area contributed by atoms with E-state index in [4.69, 9.17) is 5.73 Å². The van der Waals surface area contributed by atoms with E-state index in [9.17, 15) is 0 Å². The van der Waals surface area contributed by atoms with E-state index in [1.54, 1.807) is 0 Å². The van der Waals surface area contributed by atoms with Gasteiger partial charge in [-0.1, -0.05) is 27.2 Å². The van der Waals surface area contributed by atoms with Gasteiger partial charge < -0.3 is 5.73 Å². The van der Waals surface area contributed by atoms with Crippen molar-refractivity contribution in [3.8, 4) is 0 Å². The van der Waals surface area contributed by atoms with Crippen LogP contribution in [0.5, 0.6) is 0 Å². The number of likely N-dealkylation sites (N-methyl/N-ethyl adjacent to an activating group) is 1. The summed E-state index contributed by atoms with van der Waals surface area (Å²) < 4.78 is 0. The predicted molar refractivity (Wildman–Crippen MR) is 78.5 cm³/mol. The van der Waals surface area contributed by atoms with Crippen LogP contribution in [0.3, 0.4) is 0 Å². The molecule has 0 aliphatic heterocycles. The number of nitrogens with two attached hydrogens (primary N) is 1. The first kappa shape index (κ1) is 14.3. The van der Waals surface area contributed by atoms with Crippen molar-refractivity contribution in [2.75, 3.05) is 13.6 Å². The summed E-state index contributed by atoms with van der Waals surface area (Å²) >= 11 is 0. The van der Waals surface area contributed by atoms with Crippen LogP contribution in [0.25, 0.3) is 0 Å². The zero-order chi connectivity index (χ0) is 13.3. The second-order valence-corrected chi connectivity index (χ2v) is 7.20. The van der Waals surface area contributed by atoms with Gasteiger partial charge in [0.05, 0.1) is 0 Å². The van der Waals surface area contributed by atoms with Gasteiger partial charge in [0.2, 0.25) is 0 Å². The first-order valence-corrected chi connectivity index (χ1v) is 7.96. The van der Waals surface area contributed by atoms with Crippen LogP contribution in [0.4, 0.5) is 0 Å². The van der Waals surface area contributed by atoms with Gasteiger partial charge in [-0.25, -0.2) is 0 Å². The van der Waals surface area contributed by atoms with Crippen LogP contribution in [-0.2, 0) is 0 Å². The Morgan fingerprint density at radius 2 is 1.83 bits per heavy atom. The topological polar surface area (TPSA) is 29.3 Å². The number of rotatable bonds is 5. The van der Waals surface area contributed by atoms with Gasteiger partial charge in [0, 0.05) is 18.6 Å². The first-order valence-electron chi connectivity index (χ1n) is 7.96. The lowest BCUT2D eigenvalue weighted by Crippen LogP contribution is -2.51. The molecule has 2 nitrogen and oxygen atoms in total. The molecule has 0 amide bonds. The van der Waals surface area contributed by atoms with Gasteiger partial charge in [0.15, 0.2) is 0 Å². The Morgan fingerprint density at radius 3 is 2.33 bits per heavy atom. The van der Waals surface area contributed by atoms with Gasteiger partial charge in [-0.2, -0.15) is 0 Å². The highest BCUT2D eigenvalue weighted by Crippen LogP contribution is 2.40. The molecular formula is C16H32N2. The molecule has 106 valence electrons. The van der Waals surface area contributed by atoms with Crippen LogP contribution in [0.15, 0.2) is 0 Å². The van der Waals surface area contributed by atoms with Crippen molar-refractivity contribution < 1.29 is 0 Å². The highest BCUT2D eigenvalue weighted by atomic mass is 15.2. The molecule has 0 aromatic heterocycles. The Morgan fingerprint density at radius 1 is 1.17 bits per heavy atom. The second-order valence-electron chi connectivity index (χ2n) is 7.20. The van der Waals surface area contributed by atoms with Crippen LogP contribution in [0.1, 0.15) is 52.9 Å². The zero-order valence-electron chi connectivity index (χ0n) is 12.7. The summed E-state index contributed by atoms with van der Waals surface area (Å²) in [6.07, 6.45) is 7.02. The molecule has 2 saturated carbocycles. The van der Waals surface area contributed by atoms with Gasteiger partial charge in [-0.05, 0) is 56.4 Å². The van der Waals surface area contributed by atoms with Crippen LogP contribution in [0.2, 0.25) is 0 Å². The quantitative estimate of drug-likeness (QED) is 0.814. The molecule has 2 N–H and O–H groups in total. The molecule has 0 aromatic carbocycles. The summed E-state index contributed by atoms with van der Waals surface area (Å²) in [5, 5.41) is 0. The second kappa shape index (κ2) is 5.92. The van der Waals surface area contributed by atoms with E-state index in [-0.39, 0.29) is 0 Å². The SMILES string of the molecule is CC1CCC(C(C)C)C(N(C)C(CN)C2CC2)C1. The minimum atomic E-state index is 0.640. The van der Waals surface area contributed by atoms with Gasteiger partial charge in [-0.15, -0.1) is 0 Å². The summed E-state index contributed by atoms with van der Waals surface area (Å²) in [5.41, 5.74) is 6.04. The zero-order valence-corrected chi connectivity index (χ0v) is 12.7. The fraction of sp³-hybridized carbons (Fsp3) is 1.00. The van der Waals surface area contributed by atoms with Crippen molar-refractivity contribution >= 4 is 0 Å². The van der Waals surface area contributed by atoms with Crippen LogP contribution in [0, 0.1) is 23.7 Å². The third-order valence-corrected chi connectivity index (χ3v) is 5.44. The Bertz CT molecular complexity index is 260. The molecular weight excluding hydrogens is 220 g/mol. The summed E-state index contributed by atoms with van der Waals surface area (Å²) in [4.78, 5) is 2.66. The van der Waals surface area contributed by atoms with E-state index in [0.717, 1.165) is 36.3 Å². The van der Waals surface area contributed by atoms with E-state index in [0.29, 0.717) is 6.04 Å². The Balaban J connectivity index is 2.05. The molecule has 2 fully saturated rings. The molecule has 18 heavy (non-hydrogen) atoms. The number of hydrogen-bond acceptors (Lipinski definition) is 2. The molecule has 0 bridgehead atoms. The van der Waals surface area contributed by atoms with Gasteiger partial charge in [-0.3, -0.25) is 4.90 Å². The summed E-state index contributed by atoms with van der Waals surface area (Å²) in [5.74, 6) is 3.47. The molecule has 0 heterocycles. The van der Waals surface area contributed by atoms with Gasteiger partial charge in [0.1, 0.15) is 0 Å². The maximum absolute atomic E-state index is 6.04. The van der Waals surface area contributed by atoms with Crippen molar-refractivity contribution in [2.45, 2.75) is 65.0 Å². The van der Waals surface area contributed by atoms with Crippen molar-refractivity contribution in [1.82, 2.24) is 4.90 Å². The molecule has 2 heteroatoms. The normalized spacial score (nSPS) is 35.2. The number of hydrogen-bond donors (Lipinski definition) is 1. The molecule has 2 aliphatic rings. The van der Waals surface area contributed by atoms with Crippen LogP contribution < -0.4 is 5.73 Å². The van der Waals surface area contributed by atoms with Crippen LogP contribution in [-0.4, -0.2) is 30.6 Å². The van der Waals surface area contributed by atoms with Crippen LogP contribution >= 0.6 is 0 Å². The molecule has 4 unspecified atom stereocenters. The van der Waals surface area contributed by atoms with E-state index >= 15 is 0 Å².